The van der Waals surface area contributed by atoms with Crippen LogP contribution in [-0.4, -0.2) is 46.1 Å². The summed E-state index contributed by atoms with van der Waals surface area (Å²) in [5.41, 5.74) is 3.24. The second-order valence-electron chi connectivity index (χ2n) is 5.20. The van der Waals surface area contributed by atoms with E-state index in [4.69, 9.17) is 0 Å². The maximum absolute atomic E-state index is 12.0. The number of carbonyl (C=O) groups excluding carboxylic acids is 1. The number of nitrogens with one attached hydrogen (secondary N) is 1. The third-order valence-corrected chi connectivity index (χ3v) is 4.18. The number of hydrogen-bond acceptors (Lipinski definition) is 5. The van der Waals surface area contributed by atoms with Crippen LogP contribution in [0.4, 0.5) is 0 Å². The number of hydrogen-bond donors (Lipinski definition) is 2. The Balaban J connectivity index is 1.57. The fraction of sp³-hybridized carbons (Fsp3) is 0.333. The van der Waals surface area contributed by atoms with Gasteiger partial charge in [0, 0.05) is 25.0 Å². The van der Waals surface area contributed by atoms with Crippen LogP contribution in [0.3, 0.4) is 0 Å². The zero-order valence-electron chi connectivity index (χ0n) is 11.5. The summed E-state index contributed by atoms with van der Waals surface area (Å²) in [4.78, 5) is 18.1. The zero-order chi connectivity index (χ0) is 14.7. The molecule has 0 unspecified atom stereocenters. The van der Waals surface area contributed by atoms with E-state index in [2.05, 4.69) is 27.3 Å². The van der Waals surface area contributed by atoms with Gasteiger partial charge in [-0.15, -0.1) is 11.3 Å². The van der Waals surface area contributed by atoms with Gasteiger partial charge in [-0.25, -0.2) is 4.98 Å². The SMILES string of the molecule is O=C(N[C@@H]1CN(Cc2ccccc2)C[C@H]1O)c1cscn1. The molecule has 0 spiro atoms. The molecule has 2 atom stereocenters. The second-order valence-corrected chi connectivity index (χ2v) is 5.92. The summed E-state index contributed by atoms with van der Waals surface area (Å²) >= 11 is 1.38. The predicted octanol–water partition coefficient (Wildman–Crippen LogP) is 1.12. The quantitative estimate of drug-likeness (QED) is 0.888. The lowest BCUT2D eigenvalue weighted by Crippen LogP contribution is -2.42. The van der Waals surface area contributed by atoms with Crippen LogP contribution in [0.1, 0.15) is 16.1 Å². The van der Waals surface area contributed by atoms with E-state index in [1.165, 1.54) is 16.9 Å². The molecule has 6 heteroatoms. The maximum Gasteiger partial charge on any atom is 0.271 e. The number of benzene rings is 1. The van der Waals surface area contributed by atoms with E-state index >= 15 is 0 Å². The van der Waals surface area contributed by atoms with Gasteiger partial charge < -0.3 is 10.4 Å². The smallest absolute Gasteiger partial charge is 0.271 e. The second kappa shape index (κ2) is 6.34. The van der Waals surface area contributed by atoms with Gasteiger partial charge in [0.2, 0.25) is 0 Å². The zero-order valence-corrected chi connectivity index (χ0v) is 12.3. The van der Waals surface area contributed by atoms with E-state index in [9.17, 15) is 9.90 Å². The first kappa shape index (κ1) is 14.2. The van der Waals surface area contributed by atoms with E-state index < -0.39 is 6.10 Å². The van der Waals surface area contributed by atoms with E-state index in [0.29, 0.717) is 18.8 Å². The first-order valence-electron chi connectivity index (χ1n) is 6.86. The minimum atomic E-state index is -0.545. The minimum absolute atomic E-state index is 0.220. The molecular formula is C15H17N3O2S. The number of carbonyl (C=O) groups is 1. The summed E-state index contributed by atoms with van der Waals surface area (Å²) in [6, 6.07) is 9.87. The van der Waals surface area contributed by atoms with E-state index in [0.717, 1.165) is 6.54 Å². The number of nitrogens with zero attached hydrogens (tertiary/aromatic N) is 2. The molecule has 1 aromatic heterocycles. The van der Waals surface area contributed by atoms with Gasteiger partial charge >= 0.3 is 0 Å². The summed E-state index contributed by atoms with van der Waals surface area (Å²) in [6.07, 6.45) is -0.545. The van der Waals surface area contributed by atoms with Gasteiger partial charge in [-0.05, 0) is 5.56 Å². The highest BCUT2D eigenvalue weighted by atomic mass is 32.1. The van der Waals surface area contributed by atoms with Crippen LogP contribution in [0.5, 0.6) is 0 Å². The first-order chi connectivity index (χ1) is 10.2. The molecule has 2 heterocycles. The van der Waals surface area contributed by atoms with Gasteiger partial charge in [0.05, 0.1) is 17.7 Å². The summed E-state index contributed by atoms with van der Waals surface area (Å²) in [5, 5.41) is 14.7. The number of aromatic nitrogens is 1. The Morgan fingerprint density at radius 1 is 1.38 bits per heavy atom. The normalized spacial score (nSPS) is 22.3. The molecule has 2 N–H and O–H groups in total. The van der Waals surface area contributed by atoms with Gasteiger partial charge in [-0.2, -0.15) is 0 Å². The van der Waals surface area contributed by atoms with Gasteiger partial charge in [0.15, 0.2) is 0 Å². The van der Waals surface area contributed by atoms with Crippen molar-refractivity contribution in [3.8, 4) is 0 Å². The lowest BCUT2D eigenvalue weighted by molar-refractivity contribution is 0.0884. The van der Waals surface area contributed by atoms with Crippen molar-refractivity contribution in [2.45, 2.75) is 18.7 Å². The van der Waals surface area contributed by atoms with Crippen molar-refractivity contribution < 1.29 is 9.90 Å². The first-order valence-corrected chi connectivity index (χ1v) is 7.80. The Kier molecular flexibility index (Phi) is 4.28. The molecule has 2 aromatic rings. The van der Waals surface area contributed by atoms with Crippen molar-refractivity contribution in [1.82, 2.24) is 15.2 Å². The van der Waals surface area contributed by atoms with E-state index in [-0.39, 0.29) is 11.9 Å². The summed E-state index contributed by atoms with van der Waals surface area (Å²) in [5.74, 6) is -0.220. The predicted molar refractivity (Wildman–Crippen MR) is 81.1 cm³/mol. The van der Waals surface area contributed by atoms with Gasteiger partial charge in [0.25, 0.3) is 5.91 Å². The highest BCUT2D eigenvalue weighted by molar-refractivity contribution is 7.07. The van der Waals surface area contributed by atoms with Gasteiger partial charge in [0.1, 0.15) is 5.69 Å². The van der Waals surface area contributed by atoms with Crippen molar-refractivity contribution >= 4 is 17.2 Å². The van der Waals surface area contributed by atoms with Crippen LogP contribution in [0.2, 0.25) is 0 Å². The van der Waals surface area contributed by atoms with Crippen LogP contribution in [0.15, 0.2) is 41.2 Å². The largest absolute Gasteiger partial charge is 0.390 e. The minimum Gasteiger partial charge on any atom is -0.390 e. The van der Waals surface area contributed by atoms with Crippen molar-refractivity contribution in [2.75, 3.05) is 13.1 Å². The standard InChI is InChI=1S/C15H17N3O2S/c19-14-8-18(6-11-4-2-1-3-5-11)7-12(14)17-15(20)13-9-21-10-16-13/h1-5,9-10,12,14,19H,6-8H2,(H,17,20)/t12-,14-/m1/s1. The summed E-state index contributed by atoms with van der Waals surface area (Å²) < 4.78 is 0. The van der Waals surface area contributed by atoms with Crippen LogP contribution in [0, 0.1) is 0 Å². The van der Waals surface area contributed by atoms with Crippen LogP contribution in [-0.2, 0) is 6.54 Å². The highest BCUT2D eigenvalue weighted by Crippen LogP contribution is 2.15. The Hall–Kier alpha value is -1.76. The van der Waals surface area contributed by atoms with Crippen molar-refractivity contribution in [1.29, 1.82) is 0 Å². The fourth-order valence-electron chi connectivity index (χ4n) is 2.55. The van der Waals surface area contributed by atoms with E-state index in [1.54, 1.807) is 10.9 Å². The van der Waals surface area contributed by atoms with Crippen molar-refractivity contribution in [3.05, 3.63) is 52.5 Å². The molecule has 1 aliphatic heterocycles. The number of β-amino-alcohol motifs (C(OH)–C–C–N with tert-alkyl or cyclic N) is 1. The number of thiazole rings is 1. The molecule has 21 heavy (non-hydrogen) atoms. The lowest BCUT2D eigenvalue weighted by Gasteiger charge is -2.16. The average molecular weight is 303 g/mol. The van der Waals surface area contributed by atoms with Crippen LogP contribution < -0.4 is 5.32 Å². The molecule has 110 valence electrons. The Morgan fingerprint density at radius 2 is 2.19 bits per heavy atom. The molecule has 1 saturated heterocycles. The number of amides is 1. The molecule has 0 radical (unpaired) electrons. The molecule has 3 rings (SSSR count). The van der Waals surface area contributed by atoms with Gasteiger partial charge in [-0.1, -0.05) is 30.3 Å². The van der Waals surface area contributed by atoms with Gasteiger partial charge in [-0.3, -0.25) is 9.69 Å². The number of aliphatic hydroxyl groups is 1. The van der Waals surface area contributed by atoms with Crippen LogP contribution in [0.25, 0.3) is 0 Å². The average Bonchev–Trinajstić information content (AvgIpc) is 3.11. The van der Waals surface area contributed by atoms with Crippen molar-refractivity contribution in [3.63, 3.8) is 0 Å². The molecule has 5 nitrogen and oxygen atoms in total. The monoisotopic (exact) mass is 303 g/mol. The Labute approximate surface area is 127 Å². The molecule has 0 aliphatic carbocycles. The van der Waals surface area contributed by atoms with Crippen LogP contribution >= 0.6 is 11.3 Å². The topological polar surface area (TPSA) is 65.5 Å². The van der Waals surface area contributed by atoms with Crippen molar-refractivity contribution in [2.24, 2.45) is 0 Å². The third kappa shape index (κ3) is 3.47. The fourth-order valence-corrected chi connectivity index (χ4v) is 3.08. The molecule has 0 saturated carbocycles. The highest BCUT2D eigenvalue weighted by Gasteiger charge is 2.32. The van der Waals surface area contributed by atoms with E-state index in [1.807, 2.05) is 18.2 Å². The Morgan fingerprint density at radius 3 is 2.90 bits per heavy atom. The Bertz CT molecular complexity index is 588. The number of aliphatic hydroxyl groups excluding tert-OH is 1. The summed E-state index contributed by atoms with van der Waals surface area (Å²) in [7, 11) is 0. The third-order valence-electron chi connectivity index (χ3n) is 3.60. The molecule has 1 amide bonds. The lowest BCUT2D eigenvalue weighted by atomic mass is 10.2. The molecule has 0 bridgehead atoms. The maximum atomic E-state index is 12.0. The number of likely N-dealkylation sites (tertiary alicyclic amines) is 1. The summed E-state index contributed by atoms with van der Waals surface area (Å²) in [6.45, 7) is 1.99. The number of rotatable bonds is 4. The molecule has 1 fully saturated rings. The molecule has 1 aromatic carbocycles. The molecular weight excluding hydrogens is 286 g/mol. The molecule has 1 aliphatic rings.